The van der Waals surface area contributed by atoms with E-state index in [-0.39, 0.29) is 11.9 Å². The number of carbonyl (C=O) groups is 1. The average molecular weight is 457 g/mol. The SMILES string of the molecule is CN(c1nccc(Nc2cc(C3CC3)[nH]n2)n1)[C@H]1CC[C@H](NC(=O)c2cccc(C#N)c2)CC1. The molecule has 2 aromatic heterocycles. The minimum Gasteiger partial charge on any atom is -0.349 e. The molecule has 1 amide bonds. The Balaban J connectivity index is 1.15. The van der Waals surface area contributed by atoms with Gasteiger partial charge in [-0.25, -0.2) is 4.98 Å². The summed E-state index contributed by atoms with van der Waals surface area (Å²) < 4.78 is 0. The second kappa shape index (κ2) is 9.51. The maximum absolute atomic E-state index is 12.6. The fourth-order valence-corrected chi connectivity index (χ4v) is 4.49. The van der Waals surface area contributed by atoms with Crippen LogP contribution in [-0.4, -0.2) is 45.2 Å². The van der Waals surface area contributed by atoms with Crippen molar-refractivity contribution in [3.8, 4) is 6.07 Å². The third-order valence-electron chi connectivity index (χ3n) is 6.66. The summed E-state index contributed by atoms with van der Waals surface area (Å²) in [4.78, 5) is 23.9. The monoisotopic (exact) mass is 456 g/mol. The number of nitriles is 1. The van der Waals surface area contributed by atoms with Crippen molar-refractivity contribution in [2.24, 2.45) is 0 Å². The third-order valence-corrected chi connectivity index (χ3v) is 6.66. The van der Waals surface area contributed by atoms with Crippen molar-refractivity contribution >= 4 is 23.5 Å². The topological polar surface area (TPSA) is 123 Å². The van der Waals surface area contributed by atoms with E-state index < -0.39 is 0 Å². The molecule has 2 aliphatic carbocycles. The van der Waals surface area contributed by atoms with Gasteiger partial charge in [0.15, 0.2) is 5.82 Å². The highest BCUT2D eigenvalue weighted by Gasteiger charge is 2.27. The third kappa shape index (κ3) is 5.01. The largest absolute Gasteiger partial charge is 0.349 e. The molecule has 3 aromatic rings. The predicted molar refractivity (Wildman–Crippen MR) is 129 cm³/mol. The number of hydrogen-bond donors (Lipinski definition) is 3. The molecule has 34 heavy (non-hydrogen) atoms. The highest BCUT2D eigenvalue weighted by atomic mass is 16.1. The van der Waals surface area contributed by atoms with Gasteiger partial charge in [-0.05, 0) is 62.8 Å². The number of anilines is 3. The molecule has 2 heterocycles. The van der Waals surface area contributed by atoms with Crippen LogP contribution in [0, 0.1) is 11.3 Å². The van der Waals surface area contributed by atoms with Gasteiger partial charge in [0.1, 0.15) is 5.82 Å². The molecule has 0 spiro atoms. The van der Waals surface area contributed by atoms with Gasteiger partial charge in [-0.3, -0.25) is 9.89 Å². The molecule has 2 saturated carbocycles. The summed E-state index contributed by atoms with van der Waals surface area (Å²) in [5.41, 5.74) is 2.19. The summed E-state index contributed by atoms with van der Waals surface area (Å²) >= 11 is 0. The molecular weight excluding hydrogens is 428 g/mol. The first-order valence-electron chi connectivity index (χ1n) is 11.8. The normalized spacial score (nSPS) is 19.8. The number of benzene rings is 1. The van der Waals surface area contributed by atoms with Crippen LogP contribution < -0.4 is 15.5 Å². The maximum Gasteiger partial charge on any atom is 0.251 e. The maximum atomic E-state index is 12.6. The van der Waals surface area contributed by atoms with E-state index in [9.17, 15) is 4.79 Å². The Hall–Kier alpha value is -3.93. The Morgan fingerprint density at radius 1 is 1.12 bits per heavy atom. The van der Waals surface area contributed by atoms with Crippen molar-refractivity contribution in [1.29, 1.82) is 5.26 Å². The van der Waals surface area contributed by atoms with E-state index in [4.69, 9.17) is 10.2 Å². The number of nitrogens with zero attached hydrogens (tertiary/aromatic N) is 5. The van der Waals surface area contributed by atoms with Gasteiger partial charge in [-0.15, -0.1) is 0 Å². The van der Waals surface area contributed by atoms with E-state index in [1.54, 1.807) is 30.5 Å². The molecule has 174 valence electrons. The molecule has 9 nitrogen and oxygen atoms in total. The standard InChI is InChI=1S/C25H28N8O/c1-33(25-27-12-11-22(30-25)29-23-14-21(31-32-23)17-5-6-17)20-9-7-19(8-10-20)28-24(34)18-4-2-3-16(13-18)15-26/h2-4,11-14,17,19-20H,5-10H2,1H3,(H,28,34)(H2,27,29,30,31,32)/t19-,20-. The molecule has 0 aliphatic heterocycles. The van der Waals surface area contributed by atoms with Crippen molar-refractivity contribution in [3.63, 3.8) is 0 Å². The van der Waals surface area contributed by atoms with Crippen LogP contribution in [0.4, 0.5) is 17.6 Å². The summed E-state index contributed by atoms with van der Waals surface area (Å²) in [7, 11) is 2.02. The van der Waals surface area contributed by atoms with Crippen molar-refractivity contribution in [2.75, 3.05) is 17.3 Å². The minimum absolute atomic E-state index is 0.122. The number of amides is 1. The van der Waals surface area contributed by atoms with Crippen molar-refractivity contribution in [1.82, 2.24) is 25.5 Å². The molecule has 0 bridgehead atoms. The number of aromatic nitrogens is 4. The molecule has 0 radical (unpaired) electrons. The number of carbonyl (C=O) groups excluding carboxylic acids is 1. The second-order valence-electron chi connectivity index (χ2n) is 9.13. The predicted octanol–water partition coefficient (Wildman–Crippen LogP) is 3.87. The fourth-order valence-electron chi connectivity index (χ4n) is 4.49. The zero-order valence-corrected chi connectivity index (χ0v) is 19.2. The number of hydrogen-bond acceptors (Lipinski definition) is 7. The van der Waals surface area contributed by atoms with Crippen LogP contribution in [0.15, 0.2) is 42.6 Å². The number of aromatic amines is 1. The molecule has 2 fully saturated rings. The second-order valence-corrected chi connectivity index (χ2v) is 9.13. The quantitative estimate of drug-likeness (QED) is 0.493. The van der Waals surface area contributed by atoms with Crippen LogP contribution in [0.5, 0.6) is 0 Å². The first kappa shape index (κ1) is 21.9. The first-order valence-corrected chi connectivity index (χ1v) is 11.8. The van der Waals surface area contributed by atoms with E-state index in [0.29, 0.717) is 34.9 Å². The highest BCUT2D eigenvalue weighted by molar-refractivity contribution is 5.94. The Morgan fingerprint density at radius 2 is 1.94 bits per heavy atom. The Labute approximate surface area is 198 Å². The van der Waals surface area contributed by atoms with Gasteiger partial charge in [-0.1, -0.05) is 6.07 Å². The number of rotatable bonds is 7. The molecular formula is C25H28N8O. The van der Waals surface area contributed by atoms with Crippen LogP contribution in [0.1, 0.15) is 66.1 Å². The van der Waals surface area contributed by atoms with Gasteiger partial charge in [0.05, 0.1) is 11.6 Å². The van der Waals surface area contributed by atoms with Crippen LogP contribution in [0.3, 0.4) is 0 Å². The lowest BCUT2D eigenvalue weighted by Gasteiger charge is -2.35. The molecule has 0 unspecified atom stereocenters. The smallest absolute Gasteiger partial charge is 0.251 e. The van der Waals surface area contributed by atoms with Crippen molar-refractivity contribution in [3.05, 3.63) is 59.4 Å². The molecule has 0 atom stereocenters. The zero-order valence-electron chi connectivity index (χ0n) is 19.2. The van der Waals surface area contributed by atoms with Crippen LogP contribution >= 0.6 is 0 Å². The van der Waals surface area contributed by atoms with Gasteiger partial charge in [-0.2, -0.15) is 15.3 Å². The summed E-state index contributed by atoms with van der Waals surface area (Å²) in [5.74, 6) is 2.65. The lowest BCUT2D eigenvalue weighted by atomic mass is 9.90. The molecule has 0 saturated heterocycles. The summed E-state index contributed by atoms with van der Waals surface area (Å²) in [6.45, 7) is 0. The average Bonchev–Trinajstić information content (AvgIpc) is 3.63. The summed E-state index contributed by atoms with van der Waals surface area (Å²) in [6, 6.07) is 13.2. The van der Waals surface area contributed by atoms with Gasteiger partial charge < -0.3 is 15.5 Å². The molecule has 2 aliphatic rings. The van der Waals surface area contributed by atoms with Crippen molar-refractivity contribution in [2.45, 2.75) is 56.5 Å². The van der Waals surface area contributed by atoms with Crippen LogP contribution in [0.25, 0.3) is 0 Å². The lowest BCUT2D eigenvalue weighted by Crippen LogP contribution is -2.43. The Bertz CT molecular complexity index is 1200. The fraction of sp³-hybridized carbons (Fsp3) is 0.400. The molecule has 5 rings (SSSR count). The minimum atomic E-state index is -0.126. The van der Waals surface area contributed by atoms with E-state index in [0.717, 1.165) is 31.5 Å². The first-order chi connectivity index (χ1) is 16.6. The van der Waals surface area contributed by atoms with Crippen LogP contribution in [0.2, 0.25) is 0 Å². The van der Waals surface area contributed by atoms with E-state index in [1.165, 1.54) is 18.5 Å². The van der Waals surface area contributed by atoms with E-state index in [1.807, 2.05) is 13.1 Å². The van der Waals surface area contributed by atoms with E-state index in [2.05, 4.69) is 42.9 Å². The Morgan fingerprint density at radius 3 is 2.71 bits per heavy atom. The zero-order chi connectivity index (χ0) is 23.5. The van der Waals surface area contributed by atoms with Gasteiger partial charge >= 0.3 is 0 Å². The number of nitrogens with one attached hydrogen (secondary N) is 3. The van der Waals surface area contributed by atoms with E-state index >= 15 is 0 Å². The summed E-state index contributed by atoms with van der Waals surface area (Å²) in [6.07, 6.45) is 7.85. The van der Waals surface area contributed by atoms with Gasteiger partial charge in [0.25, 0.3) is 5.91 Å². The van der Waals surface area contributed by atoms with Crippen LogP contribution in [-0.2, 0) is 0 Å². The van der Waals surface area contributed by atoms with Gasteiger partial charge in [0.2, 0.25) is 5.95 Å². The number of H-pyrrole nitrogens is 1. The van der Waals surface area contributed by atoms with Gasteiger partial charge in [0, 0.05) is 48.6 Å². The highest BCUT2D eigenvalue weighted by Crippen LogP contribution is 2.39. The summed E-state index contributed by atoms with van der Waals surface area (Å²) in [5, 5.41) is 22.9. The molecule has 1 aromatic carbocycles. The Kier molecular flexibility index (Phi) is 6.12. The molecule has 9 heteroatoms. The molecule has 3 N–H and O–H groups in total. The van der Waals surface area contributed by atoms with Crippen molar-refractivity contribution < 1.29 is 4.79 Å². The lowest BCUT2D eigenvalue weighted by molar-refractivity contribution is 0.0925.